The van der Waals surface area contributed by atoms with Crippen molar-refractivity contribution in [1.82, 2.24) is 16.0 Å². The zero-order valence-corrected chi connectivity index (χ0v) is 25.9. The van der Waals surface area contributed by atoms with Crippen LogP contribution in [0, 0.1) is 10.8 Å². The van der Waals surface area contributed by atoms with E-state index in [0.717, 1.165) is 44.9 Å². The molecule has 0 aromatic carbocycles. The number of carbonyl (C=O) groups is 4. The summed E-state index contributed by atoms with van der Waals surface area (Å²) in [5.74, 6) is -0.500. The number of alkyl carbamates (subject to hydrolysis) is 3. The first-order chi connectivity index (χ1) is 19.9. The lowest BCUT2D eigenvalue weighted by atomic mass is 9.62. The van der Waals surface area contributed by atoms with Gasteiger partial charge in [0.25, 0.3) is 0 Å². The molecule has 0 radical (unpaired) electrons. The van der Waals surface area contributed by atoms with E-state index in [1.807, 2.05) is 0 Å². The van der Waals surface area contributed by atoms with Gasteiger partial charge in [0.05, 0.1) is 26.9 Å². The van der Waals surface area contributed by atoms with Crippen molar-refractivity contribution in [2.75, 3.05) is 53.4 Å². The van der Waals surface area contributed by atoms with Crippen LogP contribution < -0.4 is 16.0 Å². The van der Waals surface area contributed by atoms with Gasteiger partial charge in [-0.3, -0.25) is 4.39 Å². The van der Waals surface area contributed by atoms with Gasteiger partial charge >= 0.3 is 24.2 Å². The summed E-state index contributed by atoms with van der Waals surface area (Å²) >= 11 is 0. The zero-order valence-electron chi connectivity index (χ0n) is 25.9. The number of hydrogen-bond acceptors (Lipinski definition) is 8. The molecule has 11 nitrogen and oxygen atoms in total. The number of hydrogen-bond donors (Lipinski definition) is 3. The molecule has 2 atom stereocenters. The third kappa shape index (κ3) is 19.1. The topological polar surface area (TPSA) is 141 Å². The molecular formula is C29H51F2N3O8. The molecule has 0 heterocycles. The standard InChI is InChI=1S/C28H48FN3O8.CH3F/c1-21(2)23(33)37-16-12-30-24(34)38-13-9-7-6-8-10-14-39-25(35)31-20-28(5)18-22(17-27(3,4)19-28)32-26(36)40-15-11-29;1-2/h22H,1,6-20H2,2-5H3,(H,30,34)(H,31,35)(H,32,36);1H3. The van der Waals surface area contributed by atoms with Crippen LogP contribution in [0.4, 0.5) is 23.2 Å². The quantitative estimate of drug-likeness (QED) is 0.0867. The Kier molecular flexibility index (Phi) is 20.0. The second kappa shape index (κ2) is 21.6. The van der Waals surface area contributed by atoms with Crippen LogP contribution in [0.1, 0.15) is 79.1 Å². The van der Waals surface area contributed by atoms with E-state index in [2.05, 4.69) is 43.3 Å². The van der Waals surface area contributed by atoms with E-state index in [-0.39, 0.29) is 36.6 Å². The van der Waals surface area contributed by atoms with Crippen molar-refractivity contribution in [2.45, 2.75) is 85.1 Å². The second-order valence-electron chi connectivity index (χ2n) is 11.5. The molecule has 0 aromatic rings. The number of esters is 1. The molecule has 0 spiro atoms. The Morgan fingerprint density at radius 3 is 1.90 bits per heavy atom. The van der Waals surface area contributed by atoms with Crippen molar-refractivity contribution in [1.29, 1.82) is 0 Å². The van der Waals surface area contributed by atoms with Crippen LogP contribution in [0.3, 0.4) is 0 Å². The van der Waals surface area contributed by atoms with E-state index in [1.54, 1.807) is 6.92 Å². The summed E-state index contributed by atoms with van der Waals surface area (Å²) in [6.07, 6.45) is 4.78. The molecule has 3 N–H and O–H groups in total. The monoisotopic (exact) mass is 607 g/mol. The lowest BCUT2D eigenvalue weighted by Gasteiger charge is -2.46. The minimum absolute atomic E-state index is 0.0490. The highest BCUT2D eigenvalue weighted by atomic mass is 19.1. The van der Waals surface area contributed by atoms with E-state index < -0.39 is 30.9 Å². The lowest BCUT2D eigenvalue weighted by molar-refractivity contribution is -0.138. The van der Waals surface area contributed by atoms with Crippen LogP contribution in [0.5, 0.6) is 0 Å². The fourth-order valence-electron chi connectivity index (χ4n) is 5.08. The van der Waals surface area contributed by atoms with E-state index >= 15 is 0 Å². The Morgan fingerprint density at radius 1 is 0.786 bits per heavy atom. The van der Waals surface area contributed by atoms with Crippen molar-refractivity contribution in [3.05, 3.63) is 12.2 Å². The van der Waals surface area contributed by atoms with Crippen molar-refractivity contribution in [3.8, 4) is 0 Å². The van der Waals surface area contributed by atoms with Gasteiger partial charge in [-0.15, -0.1) is 0 Å². The Hall–Kier alpha value is -3.12. The SMILES string of the molecule is C=C(C)C(=O)OCCNC(=O)OCCCCCCCOC(=O)NCC1(C)CC(NC(=O)OCCF)CC(C)(C)C1.CF. The third-order valence-electron chi connectivity index (χ3n) is 6.44. The molecule has 1 saturated carbocycles. The van der Waals surface area contributed by atoms with E-state index in [4.69, 9.17) is 18.9 Å². The molecule has 1 fully saturated rings. The van der Waals surface area contributed by atoms with Gasteiger partial charge < -0.3 is 34.9 Å². The van der Waals surface area contributed by atoms with Gasteiger partial charge in [0.15, 0.2) is 0 Å². The molecular weight excluding hydrogens is 556 g/mol. The molecule has 13 heteroatoms. The molecule has 0 aromatic heterocycles. The Bertz CT molecular complexity index is 844. The molecule has 2 unspecified atom stereocenters. The average molecular weight is 608 g/mol. The zero-order chi connectivity index (χ0) is 32.0. The maximum atomic E-state index is 12.3. The number of halogens is 2. The minimum Gasteiger partial charge on any atom is -0.460 e. The van der Waals surface area contributed by atoms with Gasteiger partial charge in [-0.2, -0.15) is 0 Å². The minimum atomic E-state index is -0.720. The summed E-state index contributed by atoms with van der Waals surface area (Å²) in [4.78, 5) is 46.9. The number of amides is 3. The Labute approximate surface area is 248 Å². The summed E-state index contributed by atoms with van der Waals surface area (Å²) in [7, 11) is 0.500. The molecule has 0 bridgehead atoms. The van der Waals surface area contributed by atoms with Crippen LogP contribution in [0.2, 0.25) is 0 Å². The summed E-state index contributed by atoms with van der Waals surface area (Å²) in [6, 6.07) is -0.128. The predicted molar refractivity (Wildman–Crippen MR) is 155 cm³/mol. The normalized spacial score (nSPS) is 18.8. The third-order valence-corrected chi connectivity index (χ3v) is 6.44. The summed E-state index contributed by atoms with van der Waals surface area (Å²) in [5.41, 5.74) is 0.00995. The van der Waals surface area contributed by atoms with Crippen LogP contribution >= 0.6 is 0 Å². The van der Waals surface area contributed by atoms with Crippen molar-refractivity contribution >= 4 is 24.2 Å². The van der Waals surface area contributed by atoms with Gasteiger partial charge in [-0.1, -0.05) is 46.6 Å². The molecule has 3 amide bonds. The van der Waals surface area contributed by atoms with Crippen LogP contribution in [0.25, 0.3) is 0 Å². The summed E-state index contributed by atoms with van der Waals surface area (Å²) in [5, 5.41) is 8.19. The largest absolute Gasteiger partial charge is 0.460 e. The van der Waals surface area contributed by atoms with Gasteiger partial charge in [0.1, 0.15) is 19.9 Å². The van der Waals surface area contributed by atoms with E-state index in [0.29, 0.717) is 38.9 Å². The van der Waals surface area contributed by atoms with Gasteiger partial charge in [0, 0.05) is 18.2 Å². The Balaban J connectivity index is 0.00000821. The second-order valence-corrected chi connectivity index (χ2v) is 11.5. The average Bonchev–Trinajstić information content (AvgIpc) is 2.92. The van der Waals surface area contributed by atoms with E-state index in [9.17, 15) is 28.0 Å². The number of nitrogens with one attached hydrogen (secondary N) is 3. The van der Waals surface area contributed by atoms with Crippen LogP contribution in [0.15, 0.2) is 12.2 Å². The maximum absolute atomic E-state index is 12.3. The number of carbonyl (C=O) groups excluding carboxylic acids is 4. The molecule has 0 aliphatic heterocycles. The first kappa shape index (κ1) is 38.9. The summed E-state index contributed by atoms with van der Waals surface area (Å²) < 4.78 is 41.8. The fraction of sp³-hybridized carbons (Fsp3) is 0.793. The Morgan fingerprint density at radius 2 is 1.33 bits per heavy atom. The highest BCUT2D eigenvalue weighted by molar-refractivity contribution is 5.86. The number of alkyl halides is 2. The van der Waals surface area contributed by atoms with Crippen molar-refractivity contribution in [3.63, 3.8) is 0 Å². The molecule has 42 heavy (non-hydrogen) atoms. The van der Waals surface area contributed by atoms with Gasteiger partial charge in [-0.25, -0.2) is 23.6 Å². The summed E-state index contributed by atoms with van der Waals surface area (Å²) in [6.45, 7) is 11.6. The first-order valence-electron chi connectivity index (χ1n) is 14.4. The van der Waals surface area contributed by atoms with Gasteiger partial charge in [0.2, 0.25) is 0 Å². The highest BCUT2D eigenvalue weighted by Crippen LogP contribution is 2.45. The number of ether oxygens (including phenoxy) is 4. The van der Waals surface area contributed by atoms with Crippen molar-refractivity contribution in [2.24, 2.45) is 10.8 Å². The van der Waals surface area contributed by atoms with Crippen molar-refractivity contribution < 1.29 is 46.9 Å². The highest BCUT2D eigenvalue weighted by Gasteiger charge is 2.42. The molecule has 0 saturated heterocycles. The smallest absolute Gasteiger partial charge is 0.407 e. The molecule has 244 valence electrons. The molecule has 1 rings (SSSR count). The predicted octanol–water partition coefficient (Wildman–Crippen LogP) is 5.38. The van der Waals surface area contributed by atoms with Crippen LogP contribution in [-0.2, 0) is 23.7 Å². The maximum Gasteiger partial charge on any atom is 0.407 e. The molecule has 1 aliphatic rings. The first-order valence-corrected chi connectivity index (χ1v) is 14.4. The molecule has 1 aliphatic carbocycles. The fourth-order valence-corrected chi connectivity index (χ4v) is 5.08. The van der Waals surface area contributed by atoms with E-state index in [1.165, 1.54) is 0 Å². The lowest BCUT2D eigenvalue weighted by Crippen LogP contribution is -2.50. The van der Waals surface area contributed by atoms with Gasteiger partial charge in [-0.05, 0) is 49.9 Å². The van der Waals surface area contributed by atoms with Crippen LogP contribution in [-0.4, -0.2) is 83.7 Å². The number of unbranched alkanes of at least 4 members (excludes halogenated alkanes) is 4. The number of rotatable bonds is 17.